The maximum absolute atomic E-state index is 12.1. The summed E-state index contributed by atoms with van der Waals surface area (Å²) in [6, 6.07) is 16.7. The summed E-state index contributed by atoms with van der Waals surface area (Å²) in [4.78, 5) is 16.7. The number of aryl methyl sites for hydroxylation is 2. The highest BCUT2D eigenvalue weighted by atomic mass is 35.5. The summed E-state index contributed by atoms with van der Waals surface area (Å²) in [5, 5.41) is 9.71. The highest BCUT2D eigenvalue weighted by molar-refractivity contribution is 6.31. The van der Waals surface area contributed by atoms with Crippen LogP contribution in [0.2, 0.25) is 5.02 Å². The molecule has 138 valence electrons. The third kappa shape index (κ3) is 2.95. The first kappa shape index (κ1) is 16.7. The van der Waals surface area contributed by atoms with Crippen molar-refractivity contribution >= 4 is 33.6 Å². The molecule has 0 aliphatic heterocycles. The highest BCUT2D eigenvalue weighted by Crippen LogP contribution is 2.21. The summed E-state index contributed by atoms with van der Waals surface area (Å²) in [5.74, 6) is 0.310. The van der Waals surface area contributed by atoms with Gasteiger partial charge in [0.2, 0.25) is 5.89 Å². The molecule has 0 bridgehead atoms. The van der Waals surface area contributed by atoms with Gasteiger partial charge in [-0.1, -0.05) is 35.9 Å². The van der Waals surface area contributed by atoms with Crippen LogP contribution in [0, 0.1) is 0 Å². The van der Waals surface area contributed by atoms with Crippen molar-refractivity contribution in [1.82, 2.24) is 19.7 Å². The van der Waals surface area contributed by atoms with E-state index < -0.39 is 5.76 Å². The average molecular weight is 393 g/mol. The topological polar surface area (TPSA) is 87.0 Å². The minimum Gasteiger partial charge on any atom is -0.419 e. The molecule has 0 spiro atoms. The third-order valence-corrected chi connectivity index (χ3v) is 4.70. The first-order chi connectivity index (χ1) is 13.7. The fourth-order valence-electron chi connectivity index (χ4n) is 3.10. The summed E-state index contributed by atoms with van der Waals surface area (Å²) in [7, 11) is 0. The predicted octanol–water partition coefficient (Wildman–Crippen LogP) is 4.09. The van der Waals surface area contributed by atoms with Crippen LogP contribution in [0.15, 0.2) is 68.2 Å². The number of para-hydroxylation sites is 1. The molecule has 5 rings (SSSR count). The number of hydrogen-bond acceptors (Lipinski definition) is 6. The molecule has 5 aromatic rings. The second-order valence-corrected chi connectivity index (χ2v) is 6.71. The van der Waals surface area contributed by atoms with E-state index in [9.17, 15) is 4.79 Å². The van der Waals surface area contributed by atoms with E-state index >= 15 is 0 Å². The summed E-state index contributed by atoms with van der Waals surface area (Å²) < 4.78 is 12.5. The van der Waals surface area contributed by atoms with E-state index in [-0.39, 0.29) is 0 Å². The Kier molecular flexibility index (Phi) is 3.95. The Balaban J connectivity index is 1.40. The van der Waals surface area contributed by atoms with Crippen molar-refractivity contribution < 1.29 is 8.83 Å². The normalized spacial score (nSPS) is 11.5. The number of nitrogens with zero attached hydrogens (tertiary/aromatic N) is 4. The van der Waals surface area contributed by atoms with Gasteiger partial charge >= 0.3 is 5.76 Å². The number of hydrogen-bond donors (Lipinski definition) is 0. The molecule has 0 N–H and O–H groups in total. The molecule has 8 heteroatoms. The minimum absolute atomic E-state index is 0.344. The van der Waals surface area contributed by atoms with Crippen LogP contribution in [0.4, 0.5) is 0 Å². The van der Waals surface area contributed by atoms with Gasteiger partial charge in [0.05, 0.1) is 11.0 Å². The summed E-state index contributed by atoms with van der Waals surface area (Å²) >= 11 is 5.94. The molecule has 7 nitrogen and oxygen atoms in total. The van der Waals surface area contributed by atoms with Crippen molar-refractivity contribution in [3.05, 3.63) is 76.1 Å². The lowest BCUT2D eigenvalue weighted by molar-refractivity contribution is 0.464. The van der Waals surface area contributed by atoms with Crippen molar-refractivity contribution in [3.63, 3.8) is 0 Å². The van der Waals surface area contributed by atoms with Gasteiger partial charge in [-0.05, 0) is 24.3 Å². The van der Waals surface area contributed by atoms with Crippen molar-refractivity contribution in [2.24, 2.45) is 0 Å². The van der Waals surface area contributed by atoms with Crippen molar-refractivity contribution in [2.75, 3.05) is 0 Å². The number of aromatic nitrogens is 4. The number of oxazole rings is 1. The number of benzene rings is 2. The molecule has 0 aliphatic rings. The molecular weight excluding hydrogens is 380 g/mol. The lowest BCUT2D eigenvalue weighted by Gasteiger charge is -2.00. The summed E-state index contributed by atoms with van der Waals surface area (Å²) in [6.45, 7) is 0.347. The van der Waals surface area contributed by atoms with E-state index in [1.807, 2.05) is 36.4 Å². The quantitative estimate of drug-likeness (QED) is 0.458. The zero-order chi connectivity index (χ0) is 19.1. The Morgan fingerprint density at radius 2 is 1.89 bits per heavy atom. The highest BCUT2D eigenvalue weighted by Gasteiger charge is 2.13. The smallest absolute Gasteiger partial charge is 0.419 e. The standard InChI is InChI=1S/C20H13ClN4O3/c21-13-6-8-16-17(11-13)27-20(26)25(16)10-9-18-23-24-19(28-18)15-7-5-12-3-1-2-4-14(12)22-15/h1-8,11H,9-10H2. The minimum atomic E-state index is -0.451. The van der Waals surface area contributed by atoms with Gasteiger partial charge in [-0.2, -0.15) is 0 Å². The molecule has 2 aromatic carbocycles. The van der Waals surface area contributed by atoms with Gasteiger partial charge in [0.25, 0.3) is 5.89 Å². The molecule has 28 heavy (non-hydrogen) atoms. The lowest BCUT2D eigenvalue weighted by atomic mass is 10.2. The Hall–Kier alpha value is -3.45. The molecule has 0 unspecified atom stereocenters. The number of pyridine rings is 1. The maximum Gasteiger partial charge on any atom is 0.419 e. The molecule has 0 aliphatic carbocycles. The van der Waals surface area contributed by atoms with Crippen LogP contribution in [0.1, 0.15) is 5.89 Å². The van der Waals surface area contributed by atoms with Gasteiger partial charge in [0.15, 0.2) is 5.58 Å². The SMILES string of the molecule is O=c1oc2cc(Cl)ccc2n1CCc1nnc(-c2ccc3ccccc3n2)o1. The van der Waals surface area contributed by atoms with Crippen LogP contribution in [-0.2, 0) is 13.0 Å². The first-order valence-electron chi connectivity index (χ1n) is 8.65. The number of rotatable bonds is 4. The predicted molar refractivity (Wildman–Crippen MR) is 104 cm³/mol. The molecule has 0 atom stereocenters. The van der Waals surface area contributed by atoms with Crippen molar-refractivity contribution in [2.45, 2.75) is 13.0 Å². The molecule has 0 radical (unpaired) electrons. The van der Waals surface area contributed by atoms with Crippen LogP contribution < -0.4 is 5.76 Å². The largest absolute Gasteiger partial charge is 0.419 e. The monoisotopic (exact) mass is 392 g/mol. The Bertz CT molecular complexity index is 1370. The van der Waals surface area contributed by atoms with E-state index in [1.165, 1.54) is 4.57 Å². The second kappa shape index (κ2) is 6.61. The van der Waals surface area contributed by atoms with Crippen molar-refractivity contribution in [3.8, 4) is 11.6 Å². The Labute approximate surface area is 163 Å². The molecular formula is C20H13ClN4O3. The van der Waals surface area contributed by atoms with Crippen LogP contribution in [0.25, 0.3) is 33.6 Å². The molecule has 0 saturated carbocycles. The molecule has 0 fully saturated rings. The molecule has 3 heterocycles. The van der Waals surface area contributed by atoms with E-state index in [0.29, 0.717) is 46.6 Å². The number of halogens is 1. The Morgan fingerprint density at radius 3 is 2.82 bits per heavy atom. The van der Waals surface area contributed by atoms with Crippen LogP contribution in [-0.4, -0.2) is 19.7 Å². The van der Waals surface area contributed by atoms with Crippen LogP contribution in [0.5, 0.6) is 0 Å². The van der Waals surface area contributed by atoms with Crippen LogP contribution in [0.3, 0.4) is 0 Å². The fourth-order valence-corrected chi connectivity index (χ4v) is 3.26. The first-order valence-corrected chi connectivity index (χ1v) is 9.03. The van der Waals surface area contributed by atoms with Gasteiger partial charge in [-0.15, -0.1) is 10.2 Å². The van der Waals surface area contributed by atoms with Gasteiger partial charge in [0, 0.05) is 29.4 Å². The average Bonchev–Trinajstić information content (AvgIpc) is 3.29. The van der Waals surface area contributed by atoms with E-state index in [0.717, 1.165) is 10.9 Å². The summed E-state index contributed by atoms with van der Waals surface area (Å²) in [5.41, 5.74) is 2.59. The van der Waals surface area contributed by atoms with E-state index in [2.05, 4.69) is 15.2 Å². The molecule has 3 aromatic heterocycles. The zero-order valence-electron chi connectivity index (χ0n) is 14.5. The lowest BCUT2D eigenvalue weighted by Crippen LogP contribution is -2.15. The van der Waals surface area contributed by atoms with Crippen molar-refractivity contribution in [1.29, 1.82) is 0 Å². The second-order valence-electron chi connectivity index (χ2n) is 6.27. The summed E-state index contributed by atoms with van der Waals surface area (Å²) in [6.07, 6.45) is 0.387. The van der Waals surface area contributed by atoms with Gasteiger partial charge in [0.1, 0.15) is 5.69 Å². The Morgan fingerprint density at radius 1 is 1.00 bits per heavy atom. The molecule has 0 saturated heterocycles. The van der Waals surface area contributed by atoms with Gasteiger partial charge in [-0.25, -0.2) is 9.78 Å². The van der Waals surface area contributed by atoms with E-state index in [1.54, 1.807) is 18.2 Å². The number of fused-ring (bicyclic) bond motifs is 2. The van der Waals surface area contributed by atoms with Gasteiger partial charge < -0.3 is 8.83 Å². The maximum atomic E-state index is 12.1. The fraction of sp³-hybridized carbons (Fsp3) is 0.100. The molecule has 0 amide bonds. The third-order valence-electron chi connectivity index (χ3n) is 4.46. The van der Waals surface area contributed by atoms with E-state index in [4.69, 9.17) is 20.4 Å². The van der Waals surface area contributed by atoms with Crippen LogP contribution >= 0.6 is 11.6 Å². The zero-order valence-corrected chi connectivity index (χ0v) is 15.3. The van der Waals surface area contributed by atoms with Gasteiger partial charge in [-0.3, -0.25) is 4.57 Å².